The molecule has 0 amide bonds. The van der Waals surface area contributed by atoms with Crippen LogP contribution in [0.4, 0.5) is 0 Å². The van der Waals surface area contributed by atoms with Crippen LogP contribution in [0, 0.1) is 0 Å². The molecule has 1 atom stereocenters. The van der Waals surface area contributed by atoms with Crippen LogP contribution >= 0.6 is 0 Å². The molecule has 1 unspecified atom stereocenters. The molecule has 0 fully saturated rings. The SMILES string of the molecule is O=C(O)CC(C(=O)O)S(=O)(=O)O.[Ag]. The molecule has 0 saturated carbocycles. The van der Waals surface area contributed by atoms with E-state index in [4.69, 9.17) is 14.8 Å². The predicted octanol–water partition coefficient (Wildman–Crippen LogP) is -1.20. The van der Waals surface area contributed by atoms with Crippen LogP contribution in [0.15, 0.2) is 0 Å². The first-order chi connectivity index (χ1) is 5.25. The minimum absolute atomic E-state index is 0. The van der Waals surface area contributed by atoms with Gasteiger partial charge in [0.2, 0.25) is 0 Å². The van der Waals surface area contributed by atoms with Gasteiger partial charge in [-0.2, -0.15) is 8.42 Å². The van der Waals surface area contributed by atoms with Gasteiger partial charge in [-0.05, 0) is 0 Å². The molecule has 7 nitrogen and oxygen atoms in total. The molecule has 0 spiro atoms. The summed E-state index contributed by atoms with van der Waals surface area (Å²) in [6.07, 6.45) is -1.16. The van der Waals surface area contributed by atoms with E-state index in [-0.39, 0.29) is 22.4 Å². The van der Waals surface area contributed by atoms with Crippen LogP contribution in [0.2, 0.25) is 0 Å². The Morgan fingerprint density at radius 3 is 1.69 bits per heavy atom. The molecule has 0 aliphatic carbocycles. The van der Waals surface area contributed by atoms with Crippen molar-refractivity contribution in [3.8, 4) is 0 Å². The van der Waals surface area contributed by atoms with Crippen LogP contribution in [0.25, 0.3) is 0 Å². The van der Waals surface area contributed by atoms with E-state index in [9.17, 15) is 18.0 Å². The van der Waals surface area contributed by atoms with E-state index in [2.05, 4.69) is 0 Å². The van der Waals surface area contributed by atoms with E-state index in [0.29, 0.717) is 0 Å². The van der Waals surface area contributed by atoms with Crippen molar-refractivity contribution in [3.05, 3.63) is 0 Å². The van der Waals surface area contributed by atoms with Gasteiger partial charge in [-0.1, -0.05) is 0 Å². The molecule has 81 valence electrons. The van der Waals surface area contributed by atoms with Gasteiger partial charge in [0.1, 0.15) is 0 Å². The monoisotopic (exact) mass is 305 g/mol. The zero-order chi connectivity index (χ0) is 9.94. The molecule has 0 aliphatic rings. The minimum atomic E-state index is -4.84. The molecular formula is C4H6AgO7S. The van der Waals surface area contributed by atoms with Crippen molar-refractivity contribution >= 4 is 22.1 Å². The van der Waals surface area contributed by atoms with Crippen LogP contribution in [0.5, 0.6) is 0 Å². The quantitative estimate of drug-likeness (QED) is 0.439. The second-order valence-electron chi connectivity index (χ2n) is 1.94. The van der Waals surface area contributed by atoms with E-state index < -0.39 is 33.7 Å². The van der Waals surface area contributed by atoms with Crippen molar-refractivity contribution in [2.45, 2.75) is 11.7 Å². The van der Waals surface area contributed by atoms with Gasteiger partial charge in [0, 0.05) is 22.4 Å². The van der Waals surface area contributed by atoms with Crippen molar-refractivity contribution in [2.75, 3.05) is 0 Å². The molecule has 0 aliphatic heterocycles. The molecule has 0 aromatic carbocycles. The summed E-state index contributed by atoms with van der Waals surface area (Å²) in [7, 11) is -4.84. The Kier molecular flexibility index (Phi) is 6.20. The number of carboxylic acids is 2. The molecule has 0 aromatic rings. The average molecular weight is 306 g/mol. The number of carboxylic acid groups (broad SMARTS) is 2. The molecule has 0 heterocycles. The van der Waals surface area contributed by atoms with Crippen LogP contribution in [-0.4, -0.2) is 40.4 Å². The zero-order valence-corrected chi connectivity index (χ0v) is 8.27. The molecule has 0 rings (SSSR count). The van der Waals surface area contributed by atoms with Gasteiger partial charge < -0.3 is 10.2 Å². The summed E-state index contributed by atoms with van der Waals surface area (Å²) in [6.45, 7) is 0. The van der Waals surface area contributed by atoms with Gasteiger partial charge in [-0.3, -0.25) is 14.1 Å². The third kappa shape index (κ3) is 5.77. The Balaban J connectivity index is 0. The molecular weight excluding hydrogens is 300 g/mol. The van der Waals surface area contributed by atoms with Crippen molar-refractivity contribution in [1.82, 2.24) is 0 Å². The largest absolute Gasteiger partial charge is 0.481 e. The van der Waals surface area contributed by atoms with Gasteiger partial charge in [-0.25, -0.2) is 0 Å². The van der Waals surface area contributed by atoms with Crippen molar-refractivity contribution in [3.63, 3.8) is 0 Å². The standard InChI is InChI=1S/C4H6O7S.Ag/c5-3(6)1-2(4(7)8)12(9,10)11;/h2H,1H2,(H,5,6)(H,7,8)(H,9,10,11);. The van der Waals surface area contributed by atoms with Crippen molar-refractivity contribution in [2.24, 2.45) is 0 Å². The topological polar surface area (TPSA) is 129 Å². The second-order valence-corrected chi connectivity index (χ2v) is 3.54. The molecule has 1 radical (unpaired) electrons. The first kappa shape index (κ1) is 15.1. The van der Waals surface area contributed by atoms with Crippen molar-refractivity contribution < 1.29 is 55.2 Å². The van der Waals surface area contributed by atoms with Gasteiger partial charge in [0.05, 0.1) is 6.42 Å². The first-order valence-electron chi connectivity index (χ1n) is 2.66. The molecule has 0 aromatic heterocycles. The maximum atomic E-state index is 10.2. The second kappa shape index (κ2) is 5.35. The van der Waals surface area contributed by atoms with Gasteiger partial charge in [-0.15, -0.1) is 0 Å². The maximum absolute atomic E-state index is 10.2. The fraction of sp³-hybridized carbons (Fsp3) is 0.500. The Hall–Kier alpha value is -0.410. The Bertz CT molecular complexity index is 294. The first-order valence-corrected chi connectivity index (χ1v) is 4.16. The van der Waals surface area contributed by atoms with Crippen molar-refractivity contribution in [1.29, 1.82) is 0 Å². The number of rotatable bonds is 4. The fourth-order valence-corrected chi connectivity index (χ4v) is 1.09. The van der Waals surface area contributed by atoms with Crippen LogP contribution in [0.3, 0.4) is 0 Å². The molecule has 3 N–H and O–H groups in total. The molecule has 0 bridgehead atoms. The van der Waals surface area contributed by atoms with Gasteiger partial charge in [0.15, 0.2) is 5.25 Å². The van der Waals surface area contributed by atoms with Gasteiger partial charge in [0.25, 0.3) is 10.1 Å². The average Bonchev–Trinajstić information content (AvgIpc) is 1.79. The number of hydrogen-bond donors (Lipinski definition) is 3. The van der Waals surface area contributed by atoms with Crippen LogP contribution < -0.4 is 0 Å². The summed E-state index contributed by atoms with van der Waals surface area (Å²) in [6, 6.07) is 0. The predicted molar refractivity (Wildman–Crippen MR) is 35.2 cm³/mol. The smallest absolute Gasteiger partial charge is 0.325 e. The maximum Gasteiger partial charge on any atom is 0.325 e. The minimum Gasteiger partial charge on any atom is -0.481 e. The number of aliphatic carboxylic acids is 2. The van der Waals surface area contributed by atoms with E-state index >= 15 is 0 Å². The summed E-state index contributed by atoms with van der Waals surface area (Å²) in [5, 5.41) is 13.9. The summed E-state index contributed by atoms with van der Waals surface area (Å²) in [5.74, 6) is -3.50. The van der Waals surface area contributed by atoms with E-state index in [1.54, 1.807) is 0 Å². The number of carbonyl (C=O) groups is 2. The summed E-state index contributed by atoms with van der Waals surface area (Å²) < 4.78 is 28.7. The summed E-state index contributed by atoms with van der Waals surface area (Å²) >= 11 is 0. The summed E-state index contributed by atoms with van der Waals surface area (Å²) in [4.78, 5) is 20.0. The summed E-state index contributed by atoms with van der Waals surface area (Å²) in [5.41, 5.74) is 0. The van der Waals surface area contributed by atoms with E-state index in [0.717, 1.165) is 0 Å². The van der Waals surface area contributed by atoms with Crippen LogP contribution in [-0.2, 0) is 42.1 Å². The Labute approximate surface area is 89.0 Å². The number of hydrogen-bond acceptors (Lipinski definition) is 4. The van der Waals surface area contributed by atoms with Crippen LogP contribution in [0.1, 0.15) is 6.42 Å². The Morgan fingerprint density at radius 2 is 1.62 bits per heavy atom. The normalized spacial score (nSPS) is 12.7. The van der Waals surface area contributed by atoms with E-state index in [1.165, 1.54) is 0 Å². The zero-order valence-electron chi connectivity index (χ0n) is 5.97. The molecule has 0 saturated heterocycles. The van der Waals surface area contributed by atoms with Gasteiger partial charge >= 0.3 is 11.9 Å². The molecule has 13 heavy (non-hydrogen) atoms. The fourth-order valence-electron chi connectivity index (χ4n) is 0.479. The third-order valence-electron chi connectivity index (χ3n) is 0.995. The molecule has 9 heteroatoms. The third-order valence-corrected chi connectivity index (χ3v) is 2.08. The van der Waals surface area contributed by atoms with E-state index in [1.807, 2.05) is 0 Å². The Morgan fingerprint density at radius 1 is 1.23 bits per heavy atom.